The Hall–Kier alpha value is -2.64. The van der Waals surface area contributed by atoms with Crippen molar-refractivity contribution in [1.82, 2.24) is 20.1 Å². The van der Waals surface area contributed by atoms with Crippen LogP contribution >= 0.6 is 0 Å². The first-order chi connectivity index (χ1) is 12.1. The van der Waals surface area contributed by atoms with Gasteiger partial charge in [0.05, 0.1) is 17.3 Å². The minimum absolute atomic E-state index is 0.0499. The standard InChI is InChI=1S/C17H25N7O/c1-19-17(18)24(2)10-11-3-5-12(6-4-11)16(25)22-14-7-8-20-15-13(14)9-21-23-15/h7-9,11-12H,3-6,10H2,1-2H3,(H2,18,19)(H2,20,21,22,23,25)/t11-,12-. The van der Waals surface area contributed by atoms with Gasteiger partial charge in [-0.15, -0.1) is 0 Å². The molecule has 0 aromatic carbocycles. The van der Waals surface area contributed by atoms with Crippen molar-refractivity contribution in [2.45, 2.75) is 25.7 Å². The second kappa shape index (κ2) is 7.50. The first-order valence-corrected chi connectivity index (χ1v) is 8.60. The normalized spacial score (nSPS) is 21.3. The number of guanidine groups is 1. The first-order valence-electron chi connectivity index (χ1n) is 8.60. The molecule has 25 heavy (non-hydrogen) atoms. The average molecular weight is 343 g/mol. The zero-order valence-corrected chi connectivity index (χ0v) is 14.7. The van der Waals surface area contributed by atoms with E-state index in [0.717, 1.165) is 43.3 Å². The minimum Gasteiger partial charge on any atom is -0.370 e. The summed E-state index contributed by atoms with van der Waals surface area (Å²) in [6.07, 6.45) is 7.20. The van der Waals surface area contributed by atoms with E-state index in [2.05, 4.69) is 25.5 Å². The Balaban J connectivity index is 1.54. The predicted molar refractivity (Wildman–Crippen MR) is 98.1 cm³/mol. The van der Waals surface area contributed by atoms with Crippen molar-refractivity contribution in [3.05, 3.63) is 18.5 Å². The Kier molecular flexibility index (Phi) is 5.16. The number of H-pyrrole nitrogens is 1. The molecule has 0 aliphatic heterocycles. The third kappa shape index (κ3) is 3.89. The summed E-state index contributed by atoms with van der Waals surface area (Å²) in [6, 6.07) is 1.81. The fourth-order valence-electron chi connectivity index (χ4n) is 3.45. The molecule has 0 radical (unpaired) electrons. The predicted octanol–water partition coefficient (Wildman–Crippen LogP) is 1.58. The highest BCUT2D eigenvalue weighted by atomic mass is 16.1. The van der Waals surface area contributed by atoms with E-state index < -0.39 is 0 Å². The van der Waals surface area contributed by atoms with Crippen molar-refractivity contribution in [2.24, 2.45) is 22.6 Å². The number of nitrogens with one attached hydrogen (secondary N) is 2. The number of nitrogens with zero attached hydrogens (tertiary/aromatic N) is 4. The third-order valence-electron chi connectivity index (χ3n) is 4.98. The fraction of sp³-hybridized carbons (Fsp3) is 0.529. The van der Waals surface area contributed by atoms with Gasteiger partial charge >= 0.3 is 0 Å². The van der Waals surface area contributed by atoms with Crippen molar-refractivity contribution < 1.29 is 4.79 Å². The average Bonchev–Trinajstić information content (AvgIpc) is 3.11. The second-order valence-corrected chi connectivity index (χ2v) is 6.66. The molecule has 0 saturated heterocycles. The molecule has 1 saturated carbocycles. The molecular weight excluding hydrogens is 318 g/mol. The van der Waals surface area contributed by atoms with E-state index in [-0.39, 0.29) is 11.8 Å². The molecule has 1 fully saturated rings. The smallest absolute Gasteiger partial charge is 0.227 e. The van der Waals surface area contributed by atoms with Crippen LogP contribution in [0, 0.1) is 11.8 Å². The molecule has 1 aliphatic carbocycles. The summed E-state index contributed by atoms with van der Waals surface area (Å²) in [6.45, 7) is 0.886. The Morgan fingerprint density at radius 1 is 1.44 bits per heavy atom. The van der Waals surface area contributed by atoms with E-state index in [1.54, 1.807) is 19.4 Å². The zero-order valence-electron chi connectivity index (χ0n) is 14.7. The summed E-state index contributed by atoms with van der Waals surface area (Å²) >= 11 is 0. The molecule has 3 rings (SSSR count). The van der Waals surface area contributed by atoms with Crippen molar-refractivity contribution in [2.75, 3.05) is 26.0 Å². The molecule has 8 nitrogen and oxygen atoms in total. The molecule has 8 heteroatoms. The Labute approximate surface area is 146 Å². The molecule has 134 valence electrons. The molecule has 0 bridgehead atoms. The van der Waals surface area contributed by atoms with Gasteiger partial charge in [-0.3, -0.25) is 14.9 Å². The molecule has 1 amide bonds. The van der Waals surface area contributed by atoms with Crippen molar-refractivity contribution in [3.63, 3.8) is 0 Å². The quantitative estimate of drug-likeness (QED) is 0.576. The van der Waals surface area contributed by atoms with E-state index in [1.165, 1.54) is 0 Å². The van der Waals surface area contributed by atoms with E-state index in [1.807, 2.05) is 18.0 Å². The number of carbonyl (C=O) groups excluding carboxylic acids is 1. The van der Waals surface area contributed by atoms with Crippen molar-refractivity contribution in [3.8, 4) is 0 Å². The van der Waals surface area contributed by atoms with Crippen LogP contribution in [0.1, 0.15) is 25.7 Å². The number of hydrogen-bond donors (Lipinski definition) is 3. The number of amides is 1. The number of aliphatic imine (C=N–C) groups is 1. The van der Waals surface area contributed by atoms with Crippen LogP contribution in [-0.4, -0.2) is 52.6 Å². The molecular formula is C17H25N7O. The Morgan fingerprint density at radius 2 is 2.20 bits per heavy atom. The van der Waals surface area contributed by atoms with Crippen LogP contribution in [0.5, 0.6) is 0 Å². The number of anilines is 1. The molecule has 2 heterocycles. The summed E-state index contributed by atoms with van der Waals surface area (Å²) in [5, 5.41) is 10.7. The summed E-state index contributed by atoms with van der Waals surface area (Å²) < 4.78 is 0. The maximum Gasteiger partial charge on any atom is 0.227 e. The van der Waals surface area contributed by atoms with Gasteiger partial charge < -0.3 is 16.0 Å². The lowest BCUT2D eigenvalue weighted by Crippen LogP contribution is -2.39. The number of hydrogen-bond acceptors (Lipinski definition) is 4. The topological polar surface area (TPSA) is 112 Å². The summed E-state index contributed by atoms with van der Waals surface area (Å²) in [5.74, 6) is 1.24. The van der Waals surface area contributed by atoms with Gasteiger partial charge in [-0.25, -0.2) is 4.98 Å². The van der Waals surface area contributed by atoms with Gasteiger partial charge in [-0.1, -0.05) is 0 Å². The van der Waals surface area contributed by atoms with Crippen LogP contribution < -0.4 is 11.1 Å². The molecule has 4 N–H and O–H groups in total. The van der Waals surface area contributed by atoms with Crippen LogP contribution in [-0.2, 0) is 4.79 Å². The van der Waals surface area contributed by atoms with Gasteiger partial charge in [-0.2, -0.15) is 5.10 Å². The number of aromatic nitrogens is 3. The number of carbonyl (C=O) groups is 1. The largest absolute Gasteiger partial charge is 0.370 e. The number of pyridine rings is 1. The van der Waals surface area contributed by atoms with Crippen LogP contribution in [0.15, 0.2) is 23.5 Å². The van der Waals surface area contributed by atoms with Crippen LogP contribution in [0.25, 0.3) is 11.0 Å². The third-order valence-corrected chi connectivity index (χ3v) is 4.98. The fourth-order valence-corrected chi connectivity index (χ4v) is 3.45. The van der Waals surface area contributed by atoms with Crippen molar-refractivity contribution >= 4 is 28.6 Å². The summed E-state index contributed by atoms with van der Waals surface area (Å²) in [7, 11) is 3.66. The van der Waals surface area contributed by atoms with Gasteiger partial charge in [0.2, 0.25) is 5.91 Å². The first kappa shape index (κ1) is 17.2. The Bertz CT molecular complexity index is 761. The number of aromatic amines is 1. The monoisotopic (exact) mass is 343 g/mol. The van der Waals surface area contributed by atoms with Gasteiger partial charge in [0.1, 0.15) is 0 Å². The van der Waals surface area contributed by atoms with E-state index in [4.69, 9.17) is 5.73 Å². The highest BCUT2D eigenvalue weighted by Crippen LogP contribution is 2.30. The van der Waals surface area contributed by atoms with E-state index >= 15 is 0 Å². The minimum atomic E-state index is 0.0499. The van der Waals surface area contributed by atoms with Gasteiger partial charge in [0, 0.05) is 32.8 Å². The molecule has 1 aliphatic rings. The maximum absolute atomic E-state index is 12.6. The lowest BCUT2D eigenvalue weighted by atomic mass is 9.81. The van der Waals surface area contributed by atoms with E-state index in [9.17, 15) is 4.79 Å². The molecule has 0 atom stereocenters. The Morgan fingerprint density at radius 3 is 2.92 bits per heavy atom. The molecule has 0 unspecified atom stereocenters. The molecule has 2 aromatic heterocycles. The zero-order chi connectivity index (χ0) is 17.8. The highest BCUT2D eigenvalue weighted by Gasteiger charge is 2.27. The lowest BCUT2D eigenvalue weighted by Gasteiger charge is -2.31. The number of nitrogens with two attached hydrogens (primary N) is 1. The number of rotatable bonds is 4. The van der Waals surface area contributed by atoms with Gasteiger partial charge in [0.15, 0.2) is 11.6 Å². The second-order valence-electron chi connectivity index (χ2n) is 6.66. The number of fused-ring (bicyclic) bond motifs is 1. The van der Waals surface area contributed by atoms with Gasteiger partial charge in [-0.05, 0) is 37.7 Å². The molecule has 0 spiro atoms. The van der Waals surface area contributed by atoms with Crippen LogP contribution in [0.2, 0.25) is 0 Å². The van der Waals surface area contributed by atoms with Gasteiger partial charge in [0.25, 0.3) is 0 Å². The van der Waals surface area contributed by atoms with E-state index in [0.29, 0.717) is 17.5 Å². The molecule has 2 aromatic rings. The lowest BCUT2D eigenvalue weighted by molar-refractivity contribution is -0.121. The van der Waals surface area contributed by atoms with Crippen molar-refractivity contribution in [1.29, 1.82) is 0 Å². The summed E-state index contributed by atoms with van der Waals surface area (Å²) in [5.41, 5.74) is 7.27. The highest BCUT2D eigenvalue weighted by molar-refractivity contribution is 6.00. The summed E-state index contributed by atoms with van der Waals surface area (Å²) in [4.78, 5) is 22.8. The van der Waals surface area contributed by atoms with Crippen LogP contribution in [0.3, 0.4) is 0 Å². The maximum atomic E-state index is 12.6. The SMILES string of the molecule is C/N=C(\N)N(C)C[C@H]1CC[C@H](C(=O)Nc2ccnc3[nH]ncc23)CC1. The van der Waals surface area contributed by atoms with Crippen LogP contribution in [0.4, 0.5) is 5.69 Å².